The summed E-state index contributed by atoms with van der Waals surface area (Å²) in [6.07, 6.45) is 0.854. The molecule has 0 aromatic heterocycles. The van der Waals surface area contributed by atoms with Crippen LogP contribution >= 0.6 is 0 Å². The molecule has 148 valence electrons. The summed E-state index contributed by atoms with van der Waals surface area (Å²) >= 11 is 0. The summed E-state index contributed by atoms with van der Waals surface area (Å²) in [6.45, 7) is 0. The predicted molar refractivity (Wildman–Crippen MR) is 101 cm³/mol. The molecule has 0 aliphatic heterocycles. The Balaban J connectivity index is 1.76. The van der Waals surface area contributed by atoms with Crippen LogP contribution in [0, 0.1) is 11.2 Å². The normalized spacial score (nSPS) is 14.0. The van der Waals surface area contributed by atoms with Crippen LogP contribution in [-0.4, -0.2) is 33.1 Å². The predicted octanol–water partition coefficient (Wildman–Crippen LogP) is 3.21. The van der Waals surface area contributed by atoms with E-state index in [0.717, 1.165) is 0 Å². The molecule has 2 aromatic rings. The van der Waals surface area contributed by atoms with Crippen molar-refractivity contribution in [1.29, 1.82) is 0 Å². The van der Waals surface area contributed by atoms with Crippen LogP contribution < -0.4 is 24.8 Å². The number of halogens is 1. The van der Waals surface area contributed by atoms with Crippen molar-refractivity contribution in [3.63, 3.8) is 0 Å². The largest absolute Gasteiger partial charge is 0.493 e. The highest BCUT2D eigenvalue weighted by atomic mass is 19.1. The smallest absolute Gasteiger partial charge is 0.240 e. The summed E-state index contributed by atoms with van der Waals surface area (Å²) in [5.74, 6) is -0.0848. The summed E-state index contributed by atoms with van der Waals surface area (Å²) in [4.78, 5) is 25.4. The van der Waals surface area contributed by atoms with Crippen molar-refractivity contribution in [2.45, 2.75) is 12.8 Å². The number of benzene rings is 2. The van der Waals surface area contributed by atoms with E-state index in [9.17, 15) is 14.0 Å². The highest BCUT2D eigenvalue weighted by Gasteiger charge is 2.56. The van der Waals surface area contributed by atoms with Gasteiger partial charge in [-0.05, 0) is 37.1 Å². The van der Waals surface area contributed by atoms with Gasteiger partial charge in [0.15, 0.2) is 11.5 Å². The van der Waals surface area contributed by atoms with Crippen molar-refractivity contribution in [1.82, 2.24) is 0 Å². The summed E-state index contributed by atoms with van der Waals surface area (Å²) in [5, 5.41) is 5.41. The van der Waals surface area contributed by atoms with E-state index in [0.29, 0.717) is 41.5 Å². The third kappa shape index (κ3) is 3.71. The number of hydrogen-bond donors (Lipinski definition) is 2. The standard InChI is InChI=1S/C20H21FN2O5/c1-26-15-10-14(11-16(27-2)17(15)28-3)23-19(25)20(8-9-20)18(24)22-13-6-4-12(21)5-7-13/h4-7,10-11H,8-9H2,1-3H3,(H,22,24)(H,23,25). The fraction of sp³-hybridized carbons (Fsp3) is 0.300. The van der Waals surface area contributed by atoms with Gasteiger partial charge in [0.2, 0.25) is 17.6 Å². The highest BCUT2D eigenvalue weighted by molar-refractivity contribution is 6.17. The van der Waals surface area contributed by atoms with E-state index in [-0.39, 0.29) is 0 Å². The Labute approximate surface area is 161 Å². The van der Waals surface area contributed by atoms with Crippen LogP contribution in [-0.2, 0) is 9.59 Å². The maximum atomic E-state index is 13.0. The number of hydrogen-bond acceptors (Lipinski definition) is 5. The molecule has 0 unspecified atom stereocenters. The van der Waals surface area contributed by atoms with Gasteiger partial charge < -0.3 is 24.8 Å². The molecule has 0 bridgehead atoms. The topological polar surface area (TPSA) is 85.9 Å². The molecule has 3 rings (SSSR count). The number of rotatable bonds is 7. The Morgan fingerprint density at radius 1 is 0.857 bits per heavy atom. The average molecular weight is 388 g/mol. The highest BCUT2D eigenvalue weighted by Crippen LogP contribution is 2.48. The van der Waals surface area contributed by atoms with Gasteiger partial charge in [0.05, 0.1) is 21.3 Å². The maximum absolute atomic E-state index is 13.0. The third-order valence-corrected chi connectivity index (χ3v) is 4.64. The molecule has 1 saturated carbocycles. The zero-order valence-electron chi connectivity index (χ0n) is 15.8. The Kier molecular flexibility index (Phi) is 5.39. The lowest BCUT2D eigenvalue weighted by Gasteiger charge is -2.18. The van der Waals surface area contributed by atoms with Crippen molar-refractivity contribution in [2.24, 2.45) is 5.41 Å². The van der Waals surface area contributed by atoms with E-state index in [2.05, 4.69) is 10.6 Å². The van der Waals surface area contributed by atoms with Gasteiger partial charge in [0, 0.05) is 23.5 Å². The molecule has 7 nitrogen and oxygen atoms in total. The number of carbonyl (C=O) groups excluding carboxylic acids is 2. The van der Waals surface area contributed by atoms with E-state index in [1.165, 1.54) is 45.6 Å². The number of methoxy groups -OCH3 is 3. The number of ether oxygens (including phenoxy) is 3. The minimum absolute atomic E-state index is 0.387. The monoisotopic (exact) mass is 388 g/mol. The maximum Gasteiger partial charge on any atom is 0.240 e. The molecular weight excluding hydrogens is 367 g/mol. The van der Waals surface area contributed by atoms with Gasteiger partial charge in [-0.2, -0.15) is 0 Å². The Morgan fingerprint density at radius 2 is 1.36 bits per heavy atom. The quantitative estimate of drug-likeness (QED) is 0.712. The second-order valence-electron chi connectivity index (χ2n) is 6.41. The zero-order valence-corrected chi connectivity index (χ0v) is 15.8. The first-order valence-corrected chi connectivity index (χ1v) is 8.62. The molecule has 0 spiro atoms. The van der Waals surface area contributed by atoms with E-state index in [1.54, 1.807) is 12.1 Å². The minimum atomic E-state index is -1.16. The third-order valence-electron chi connectivity index (χ3n) is 4.64. The van der Waals surface area contributed by atoms with Gasteiger partial charge in [-0.15, -0.1) is 0 Å². The van der Waals surface area contributed by atoms with Gasteiger partial charge in [0.25, 0.3) is 0 Å². The number of nitrogens with one attached hydrogen (secondary N) is 2. The molecule has 1 aliphatic rings. The van der Waals surface area contributed by atoms with Crippen LogP contribution in [0.1, 0.15) is 12.8 Å². The summed E-state index contributed by atoms with van der Waals surface area (Å²) < 4.78 is 28.8. The van der Waals surface area contributed by atoms with Gasteiger partial charge in [-0.1, -0.05) is 0 Å². The Hall–Kier alpha value is -3.29. The fourth-order valence-electron chi connectivity index (χ4n) is 2.87. The molecule has 1 aliphatic carbocycles. The second-order valence-corrected chi connectivity index (χ2v) is 6.41. The SMILES string of the molecule is COc1cc(NC(=O)C2(C(=O)Nc3ccc(F)cc3)CC2)cc(OC)c1OC. The van der Waals surface area contributed by atoms with Crippen LogP contribution in [0.25, 0.3) is 0 Å². The molecule has 2 aromatic carbocycles. The van der Waals surface area contributed by atoms with Crippen molar-refractivity contribution in [3.8, 4) is 17.2 Å². The van der Waals surface area contributed by atoms with Crippen LogP contribution in [0.3, 0.4) is 0 Å². The van der Waals surface area contributed by atoms with E-state index < -0.39 is 23.0 Å². The lowest BCUT2D eigenvalue weighted by molar-refractivity contribution is -0.131. The van der Waals surface area contributed by atoms with Crippen molar-refractivity contribution < 1.29 is 28.2 Å². The van der Waals surface area contributed by atoms with Crippen LogP contribution in [0.5, 0.6) is 17.2 Å². The second kappa shape index (κ2) is 7.75. The molecule has 28 heavy (non-hydrogen) atoms. The number of carbonyl (C=O) groups is 2. The first-order valence-electron chi connectivity index (χ1n) is 8.62. The van der Waals surface area contributed by atoms with Gasteiger partial charge in [0.1, 0.15) is 11.2 Å². The molecule has 0 atom stereocenters. The van der Waals surface area contributed by atoms with Crippen molar-refractivity contribution in [3.05, 3.63) is 42.2 Å². The molecule has 2 amide bonds. The number of anilines is 2. The van der Waals surface area contributed by atoms with Gasteiger partial charge in [-0.25, -0.2) is 4.39 Å². The first-order chi connectivity index (χ1) is 13.4. The molecule has 1 fully saturated rings. The summed E-state index contributed by atoms with van der Waals surface area (Å²) in [6, 6.07) is 8.55. The lowest BCUT2D eigenvalue weighted by Crippen LogP contribution is -2.35. The first kappa shape index (κ1) is 19.5. The van der Waals surface area contributed by atoms with Gasteiger partial charge >= 0.3 is 0 Å². The fourth-order valence-corrected chi connectivity index (χ4v) is 2.87. The van der Waals surface area contributed by atoms with Crippen LogP contribution in [0.4, 0.5) is 15.8 Å². The lowest BCUT2D eigenvalue weighted by atomic mass is 10.0. The molecule has 0 saturated heterocycles. The Morgan fingerprint density at radius 3 is 1.79 bits per heavy atom. The zero-order chi connectivity index (χ0) is 20.3. The average Bonchev–Trinajstić information content (AvgIpc) is 3.51. The van der Waals surface area contributed by atoms with Crippen molar-refractivity contribution >= 4 is 23.2 Å². The van der Waals surface area contributed by atoms with Crippen LogP contribution in [0.2, 0.25) is 0 Å². The van der Waals surface area contributed by atoms with E-state index >= 15 is 0 Å². The van der Waals surface area contributed by atoms with Gasteiger partial charge in [-0.3, -0.25) is 9.59 Å². The Bertz CT molecular complexity index is 869. The minimum Gasteiger partial charge on any atom is -0.493 e. The van der Waals surface area contributed by atoms with E-state index in [1.807, 2.05) is 0 Å². The van der Waals surface area contributed by atoms with Crippen LogP contribution in [0.15, 0.2) is 36.4 Å². The summed E-state index contributed by atoms with van der Waals surface area (Å²) in [7, 11) is 4.43. The molecule has 8 heteroatoms. The number of amides is 2. The van der Waals surface area contributed by atoms with Crippen molar-refractivity contribution in [2.75, 3.05) is 32.0 Å². The summed E-state index contributed by atoms with van der Waals surface area (Å²) in [5.41, 5.74) is -0.312. The molecule has 0 radical (unpaired) electrons. The van der Waals surface area contributed by atoms with E-state index in [4.69, 9.17) is 14.2 Å². The molecular formula is C20H21FN2O5. The molecule has 2 N–H and O–H groups in total. The molecule has 0 heterocycles.